The summed E-state index contributed by atoms with van der Waals surface area (Å²) in [5.74, 6) is -0.0743. The van der Waals surface area contributed by atoms with E-state index in [1.165, 1.54) is 0 Å². The molecule has 15 atom stereocenters. The summed E-state index contributed by atoms with van der Waals surface area (Å²) in [5, 5.41) is 11.6. The van der Waals surface area contributed by atoms with Crippen molar-refractivity contribution in [3.8, 4) is 0 Å². The van der Waals surface area contributed by atoms with Crippen LogP contribution in [0.25, 0.3) is 0 Å². The molecule has 6 fully saturated rings. The average molecular weight is 707 g/mol. The first kappa shape index (κ1) is 34.6. The quantitative estimate of drug-likeness (QED) is 0.329. The van der Waals surface area contributed by atoms with Crippen LogP contribution in [0, 0.1) is 23.7 Å². The number of carbonyl (C=O) groups is 1. The molecule has 0 radical (unpaired) electrons. The second kappa shape index (κ2) is 14.0. The number of hydrogen-bond donors (Lipinski definition) is 1. The molecule has 40 heavy (non-hydrogen) atoms. The number of aliphatic hydroxyl groups excluding tert-OH is 1. The van der Waals surface area contributed by atoms with Crippen molar-refractivity contribution in [2.75, 3.05) is 13.2 Å². The minimum atomic E-state index is -0.711. The van der Waals surface area contributed by atoms with Gasteiger partial charge in [-0.1, -0.05) is 27.7 Å². The minimum Gasteiger partial charge on any atom is -1.00 e. The maximum Gasteiger partial charge on any atom is 1.00 e. The first-order valence-electron chi connectivity index (χ1n) is 14.9. The summed E-state index contributed by atoms with van der Waals surface area (Å²) < 4.78 is 45.1. The van der Waals surface area contributed by atoms with E-state index in [1.807, 2.05) is 0 Å². The molecular formula is C29H48IKO9. The number of aliphatic hydroxyl groups is 1. The van der Waals surface area contributed by atoms with Crippen LogP contribution in [0.2, 0.25) is 0 Å². The van der Waals surface area contributed by atoms with Crippen molar-refractivity contribution >= 4 is 29.8 Å². The van der Waals surface area contributed by atoms with E-state index < -0.39 is 24.3 Å². The Balaban J connectivity index is 0.00000154. The summed E-state index contributed by atoms with van der Waals surface area (Å²) in [6, 6.07) is 0. The smallest absolute Gasteiger partial charge is 1.00 e. The van der Waals surface area contributed by atoms with Gasteiger partial charge in [-0.3, -0.25) is 4.79 Å². The van der Waals surface area contributed by atoms with Crippen molar-refractivity contribution in [1.29, 1.82) is 0 Å². The van der Waals surface area contributed by atoms with E-state index in [0.717, 1.165) is 25.7 Å². The molecule has 0 amide bonds. The van der Waals surface area contributed by atoms with Crippen LogP contribution in [-0.2, 0) is 38.0 Å². The molecule has 1 spiro atoms. The average Bonchev–Trinajstić information content (AvgIpc) is 3.31. The van der Waals surface area contributed by atoms with E-state index in [-0.39, 0.29) is 149 Å². The molecule has 6 aliphatic rings. The summed E-state index contributed by atoms with van der Waals surface area (Å²) in [6.07, 6.45) is 1.48. The molecule has 2 unspecified atom stereocenters. The van der Waals surface area contributed by atoms with Crippen LogP contribution in [-0.4, -0.2) is 91.1 Å². The first-order chi connectivity index (χ1) is 18.1. The van der Waals surface area contributed by atoms with E-state index in [2.05, 4.69) is 27.7 Å². The van der Waals surface area contributed by atoms with E-state index >= 15 is 0 Å². The minimum absolute atomic E-state index is 0. The van der Waals surface area contributed by atoms with Gasteiger partial charge in [-0.25, -0.2) is 0 Å². The maximum atomic E-state index is 11.6. The van der Waals surface area contributed by atoms with Crippen molar-refractivity contribution in [2.24, 2.45) is 23.7 Å². The van der Waals surface area contributed by atoms with Gasteiger partial charge in [-0.2, -0.15) is 0 Å². The monoisotopic (exact) mass is 706 g/mol. The fraction of sp³-hybridized carbons (Fsp3) is 0.966. The van der Waals surface area contributed by atoms with Gasteiger partial charge in [-0.05, 0) is 38.0 Å². The van der Waals surface area contributed by atoms with Crippen LogP contribution < -0.4 is 51.4 Å². The third kappa shape index (κ3) is 6.64. The molecule has 0 aromatic carbocycles. The van der Waals surface area contributed by atoms with E-state index in [9.17, 15) is 9.90 Å². The SMILES string of the molecule is CC(=O)CC1OC[C@@H]2O[C@@H]3C[C@@H]4O[C@@H]5[C@@H](C)[C@H](C)C6(CCCO6)O[C@H]5[C@@H](O)[C@H](C)[C@H]4O[C@H]3C[C@@H](C)C[C@H]2O1.I.[H-].[K+]. The first-order valence-corrected chi connectivity index (χ1v) is 14.9. The third-order valence-electron chi connectivity index (χ3n) is 10.2. The molecule has 6 heterocycles. The molecule has 11 heteroatoms. The van der Waals surface area contributed by atoms with Crippen LogP contribution in [0.3, 0.4) is 0 Å². The maximum absolute atomic E-state index is 11.6. The van der Waals surface area contributed by atoms with Crippen molar-refractivity contribution in [1.82, 2.24) is 0 Å². The van der Waals surface area contributed by atoms with E-state index in [1.54, 1.807) is 6.92 Å². The van der Waals surface area contributed by atoms with Crippen molar-refractivity contribution in [3.05, 3.63) is 0 Å². The van der Waals surface area contributed by atoms with Crippen LogP contribution in [0.5, 0.6) is 0 Å². The Morgan fingerprint density at radius 1 is 0.875 bits per heavy atom. The van der Waals surface area contributed by atoms with Crippen molar-refractivity contribution < 1.29 is 95.9 Å². The Morgan fingerprint density at radius 3 is 2.23 bits per heavy atom. The molecule has 0 bridgehead atoms. The van der Waals surface area contributed by atoms with Gasteiger partial charge in [0.05, 0.1) is 62.4 Å². The predicted molar refractivity (Wildman–Crippen MR) is 152 cm³/mol. The zero-order chi connectivity index (χ0) is 26.8. The second-order valence-electron chi connectivity index (χ2n) is 13.0. The standard InChI is InChI=1S/C29H46O9.HI.K.H/c1-14-9-19-21(34-23-13-32-24(11-15(2)30)35-20(23)10-14)12-22-26(36-19)17(4)25(31)28-27(37-22)16(3)18(5)29(38-28)7-6-8-33-29;;;/h14,16-28,31H,6-13H2,1-5H3;1H;;/q;;+1;-1/t14-,16+,17+,18+,19+,20-,21-,22+,23+,24?,25+,26-,27-,28+,29?;;;/m1.../s1. The number of Topliss-reactive ketones (excluding diaryl/α,β-unsaturated/α-hetero) is 1. The van der Waals surface area contributed by atoms with Gasteiger partial charge in [0.15, 0.2) is 12.1 Å². The van der Waals surface area contributed by atoms with Gasteiger partial charge in [0.25, 0.3) is 0 Å². The summed E-state index contributed by atoms with van der Waals surface area (Å²) >= 11 is 0. The van der Waals surface area contributed by atoms with Gasteiger partial charge >= 0.3 is 51.4 Å². The van der Waals surface area contributed by atoms with Gasteiger partial charge in [0, 0.05) is 24.7 Å². The van der Waals surface area contributed by atoms with E-state index in [4.69, 9.17) is 33.2 Å². The Hall–Kier alpha value is 1.72. The molecule has 0 aromatic rings. The number of rotatable bonds is 2. The molecule has 1 N–H and O–H groups in total. The molecule has 226 valence electrons. The second-order valence-corrected chi connectivity index (χ2v) is 13.0. The number of fused-ring (bicyclic) bond motifs is 4. The fourth-order valence-corrected chi connectivity index (χ4v) is 7.90. The molecule has 6 aliphatic heterocycles. The van der Waals surface area contributed by atoms with Gasteiger partial charge < -0.3 is 39.7 Å². The largest absolute Gasteiger partial charge is 1.00 e. The summed E-state index contributed by atoms with van der Waals surface area (Å²) in [5.41, 5.74) is 0. The molecule has 0 aliphatic carbocycles. The molecule has 0 aromatic heterocycles. The van der Waals surface area contributed by atoms with Crippen molar-refractivity contribution in [2.45, 2.75) is 140 Å². The van der Waals surface area contributed by atoms with Crippen LogP contribution in [0.1, 0.15) is 74.6 Å². The molecule has 6 saturated heterocycles. The Morgan fingerprint density at radius 2 is 1.55 bits per heavy atom. The van der Waals surface area contributed by atoms with Gasteiger partial charge in [0.2, 0.25) is 0 Å². The number of ketones is 1. The summed E-state index contributed by atoms with van der Waals surface area (Å²) in [4.78, 5) is 11.6. The predicted octanol–water partition coefficient (Wildman–Crippen LogP) is 0.725. The molecular weight excluding hydrogens is 658 g/mol. The Bertz CT molecular complexity index is 881. The Kier molecular flexibility index (Phi) is 12.1. The molecule has 6 rings (SSSR count). The summed E-state index contributed by atoms with van der Waals surface area (Å²) in [6.45, 7) is 11.3. The van der Waals surface area contributed by atoms with Crippen LogP contribution in [0.4, 0.5) is 0 Å². The van der Waals surface area contributed by atoms with Crippen molar-refractivity contribution in [3.63, 3.8) is 0 Å². The Labute approximate surface area is 299 Å². The number of halogens is 1. The zero-order valence-corrected chi connectivity index (χ0v) is 30.3. The number of hydrogen-bond acceptors (Lipinski definition) is 9. The third-order valence-corrected chi connectivity index (χ3v) is 10.2. The number of carbonyl (C=O) groups excluding carboxylic acids is 1. The summed E-state index contributed by atoms with van der Waals surface area (Å²) in [7, 11) is 0. The zero-order valence-electron chi connectivity index (χ0n) is 25.9. The fourth-order valence-electron chi connectivity index (χ4n) is 7.90. The van der Waals surface area contributed by atoms with Gasteiger partial charge in [0.1, 0.15) is 18.0 Å². The van der Waals surface area contributed by atoms with E-state index in [0.29, 0.717) is 25.6 Å². The van der Waals surface area contributed by atoms with Crippen LogP contribution >= 0.6 is 24.0 Å². The normalized spacial score (nSPS) is 52.2. The number of ether oxygens (including phenoxy) is 7. The topological polar surface area (TPSA) is 102 Å². The molecule has 0 saturated carbocycles. The molecule has 9 nitrogen and oxygen atoms in total. The van der Waals surface area contributed by atoms with Gasteiger partial charge in [-0.15, -0.1) is 24.0 Å². The van der Waals surface area contributed by atoms with Crippen LogP contribution in [0.15, 0.2) is 0 Å².